The lowest BCUT2D eigenvalue weighted by molar-refractivity contribution is -0.121. The number of carboxylic acid groups (broad SMARTS) is 1. The molecule has 5 heteroatoms. The molecule has 18 heavy (non-hydrogen) atoms. The van der Waals surface area contributed by atoms with E-state index in [4.69, 9.17) is 9.84 Å². The number of benzene rings is 1. The fourth-order valence-electron chi connectivity index (χ4n) is 1.43. The molecule has 0 saturated heterocycles. The Morgan fingerprint density at radius 1 is 1.39 bits per heavy atom. The Hall–Kier alpha value is -2.04. The van der Waals surface area contributed by atoms with Gasteiger partial charge in [-0.2, -0.15) is 0 Å². The molecule has 0 heterocycles. The van der Waals surface area contributed by atoms with Crippen molar-refractivity contribution in [3.63, 3.8) is 0 Å². The van der Waals surface area contributed by atoms with Crippen molar-refractivity contribution in [1.82, 2.24) is 5.32 Å². The van der Waals surface area contributed by atoms with Crippen molar-refractivity contribution >= 4 is 11.9 Å². The number of carbonyl (C=O) groups is 2. The van der Waals surface area contributed by atoms with E-state index in [1.807, 2.05) is 13.8 Å². The van der Waals surface area contributed by atoms with E-state index in [1.54, 1.807) is 6.07 Å². The van der Waals surface area contributed by atoms with Gasteiger partial charge in [-0.15, -0.1) is 0 Å². The normalized spacial score (nSPS) is 9.89. The highest BCUT2D eigenvalue weighted by Crippen LogP contribution is 2.19. The monoisotopic (exact) mass is 251 g/mol. The predicted molar refractivity (Wildman–Crippen MR) is 66.9 cm³/mol. The Morgan fingerprint density at radius 3 is 2.72 bits per heavy atom. The second-order valence-electron chi connectivity index (χ2n) is 3.84. The van der Waals surface area contributed by atoms with Gasteiger partial charge in [-0.05, 0) is 31.5 Å². The van der Waals surface area contributed by atoms with Crippen LogP contribution in [0.5, 0.6) is 5.75 Å². The molecule has 1 rings (SSSR count). The first-order valence-electron chi connectivity index (χ1n) is 5.78. The summed E-state index contributed by atoms with van der Waals surface area (Å²) in [4.78, 5) is 22.0. The summed E-state index contributed by atoms with van der Waals surface area (Å²) in [5, 5.41) is 11.5. The van der Waals surface area contributed by atoms with Crippen LogP contribution in [0.15, 0.2) is 18.2 Å². The van der Waals surface area contributed by atoms with E-state index in [0.717, 1.165) is 5.56 Å². The Bertz CT molecular complexity index is 443. The van der Waals surface area contributed by atoms with Crippen LogP contribution in [0.25, 0.3) is 0 Å². The molecule has 0 aliphatic rings. The van der Waals surface area contributed by atoms with E-state index in [1.165, 1.54) is 12.1 Å². The van der Waals surface area contributed by atoms with Crippen molar-refractivity contribution in [2.75, 3.05) is 13.2 Å². The number of hydrogen-bond acceptors (Lipinski definition) is 3. The zero-order chi connectivity index (χ0) is 13.5. The van der Waals surface area contributed by atoms with Gasteiger partial charge in [-0.25, -0.2) is 4.79 Å². The van der Waals surface area contributed by atoms with Crippen LogP contribution in [0.2, 0.25) is 0 Å². The average Bonchev–Trinajstić information content (AvgIpc) is 2.31. The summed E-state index contributed by atoms with van der Waals surface area (Å²) in [5.41, 5.74) is 1.02. The van der Waals surface area contributed by atoms with Crippen molar-refractivity contribution in [3.8, 4) is 5.75 Å². The lowest BCUT2D eigenvalue weighted by Gasteiger charge is -2.09. The van der Waals surface area contributed by atoms with Gasteiger partial charge in [-0.1, -0.05) is 6.07 Å². The molecule has 0 saturated carbocycles. The summed E-state index contributed by atoms with van der Waals surface area (Å²) in [6.45, 7) is 4.49. The highest BCUT2D eigenvalue weighted by atomic mass is 16.5. The number of rotatable bonds is 6. The largest absolute Gasteiger partial charge is 0.493 e. The van der Waals surface area contributed by atoms with E-state index in [2.05, 4.69) is 5.32 Å². The Kier molecular flexibility index (Phi) is 5.17. The SMILES string of the molecule is CCNC(=O)CCOc1cc(C(=O)O)ccc1C. The molecule has 2 N–H and O–H groups in total. The molecule has 0 atom stereocenters. The summed E-state index contributed by atoms with van der Waals surface area (Å²) in [5.74, 6) is -0.577. The van der Waals surface area contributed by atoms with Crippen LogP contribution in [0.1, 0.15) is 29.3 Å². The smallest absolute Gasteiger partial charge is 0.335 e. The minimum atomic E-state index is -0.997. The molecule has 0 fully saturated rings. The third kappa shape index (κ3) is 4.08. The predicted octanol–water partition coefficient (Wildman–Crippen LogP) is 1.60. The van der Waals surface area contributed by atoms with Crippen molar-refractivity contribution in [3.05, 3.63) is 29.3 Å². The molecule has 98 valence electrons. The van der Waals surface area contributed by atoms with Crippen LogP contribution < -0.4 is 10.1 Å². The molecule has 0 aliphatic carbocycles. The molecule has 5 nitrogen and oxygen atoms in total. The van der Waals surface area contributed by atoms with Gasteiger partial charge in [0.15, 0.2) is 0 Å². The molecular weight excluding hydrogens is 234 g/mol. The third-order valence-corrected chi connectivity index (χ3v) is 2.40. The van der Waals surface area contributed by atoms with E-state index >= 15 is 0 Å². The summed E-state index contributed by atoms with van der Waals surface area (Å²) in [6.07, 6.45) is 0.255. The van der Waals surface area contributed by atoms with Gasteiger partial charge in [0.25, 0.3) is 0 Å². The first kappa shape index (κ1) is 14.0. The lowest BCUT2D eigenvalue weighted by atomic mass is 10.1. The first-order chi connectivity index (χ1) is 8.54. The molecular formula is C13H17NO4. The molecule has 1 amide bonds. The number of carbonyl (C=O) groups excluding carboxylic acids is 1. The van der Waals surface area contributed by atoms with E-state index in [0.29, 0.717) is 12.3 Å². The van der Waals surface area contributed by atoms with Crippen LogP contribution >= 0.6 is 0 Å². The number of hydrogen-bond donors (Lipinski definition) is 2. The summed E-state index contributed by atoms with van der Waals surface area (Å²) in [6, 6.07) is 4.68. The van der Waals surface area contributed by atoms with Crippen molar-refractivity contribution in [2.45, 2.75) is 20.3 Å². The Labute approximate surface area is 106 Å². The molecule has 0 aromatic heterocycles. The quantitative estimate of drug-likeness (QED) is 0.805. The van der Waals surface area contributed by atoms with Gasteiger partial charge in [0, 0.05) is 6.54 Å². The topological polar surface area (TPSA) is 75.6 Å². The molecule has 0 radical (unpaired) electrons. The van der Waals surface area contributed by atoms with Gasteiger partial charge >= 0.3 is 5.97 Å². The molecule has 0 spiro atoms. The van der Waals surface area contributed by atoms with Crippen LogP contribution in [0.3, 0.4) is 0 Å². The molecule has 0 aliphatic heterocycles. The highest BCUT2D eigenvalue weighted by Gasteiger charge is 2.07. The number of aryl methyl sites for hydroxylation is 1. The number of amides is 1. The number of carboxylic acids is 1. The number of ether oxygens (including phenoxy) is 1. The maximum absolute atomic E-state index is 11.2. The third-order valence-electron chi connectivity index (χ3n) is 2.40. The minimum Gasteiger partial charge on any atom is -0.493 e. The highest BCUT2D eigenvalue weighted by molar-refractivity contribution is 5.88. The fraction of sp³-hybridized carbons (Fsp3) is 0.385. The molecule has 0 unspecified atom stereocenters. The summed E-state index contributed by atoms with van der Waals surface area (Å²) < 4.78 is 5.42. The van der Waals surface area contributed by atoms with Crippen molar-refractivity contribution in [2.24, 2.45) is 0 Å². The maximum Gasteiger partial charge on any atom is 0.335 e. The van der Waals surface area contributed by atoms with E-state index in [-0.39, 0.29) is 24.5 Å². The van der Waals surface area contributed by atoms with Gasteiger partial charge in [0.05, 0.1) is 18.6 Å². The van der Waals surface area contributed by atoms with E-state index in [9.17, 15) is 9.59 Å². The molecule has 1 aromatic rings. The van der Waals surface area contributed by atoms with Gasteiger partial charge < -0.3 is 15.2 Å². The van der Waals surface area contributed by atoms with Gasteiger partial charge in [0.2, 0.25) is 5.91 Å². The second-order valence-corrected chi connectivity index (χ2v) is 3.84. The average molecular weight is 251 g/mol. The second kappa shape index (κ2) is 6.64. The van der Waals surface area contributed by atoms with Crippen molar-refractivity contribution < 1.29 is 19.4 Å². The van der Waals surface area contributed by atoms with Crippen LogP contribution in [-0.2, 0) is 4.79 Å². The van der Waals surface area contributed by atoms with Gasteiger partial charge in [-0.3, -0.25) is 4.79 Å². The number of aromatic carboxylic acids is 1. The van der Waals surface area contributed by atoms with Crippen LogP contribution in [0.4, 0.5) is 0 Å². The van der Waals surface area contributed by atoms with Crippen molar-refractivity contribution in [1.29, 1.82) is 0 Å². The Morgan fingerprint density at radius 2 is 2.11 bits per heavy atom. The molecule has 0 bridgehead atoms. The summed E-state index contributed by atoms with van der Waals surface area (Å²) >= 11 is 0. The zero-order valence-electron chi connectivity index (χ0n) is 10.5. The van der Waals surface area contributed by atoms with Crippen LogP contribution in [-0.4, -0.2) is 30.1 Å². The zero-order valence-corrected chi connectivity index (χ0v) is 10.5. The van der Waals surface area contributed by atoms with E-state index < -0.39 is 5.97 Å². The molecule has 1 aromatic carbocycles. The fourth-order valence-corrected chi connectivity index (χ4v) is 1.43. The standard InChI is InChI=1S/C13H17NO4/c1-3-14-12(15)6-7-18-11-8-10(13(16)17)5-4-9(11)2/h4-5,8H,3,6-7H2,1-2H3,(H,14,15)(H,16,17). The maximum atomic E-state index is 11.2. The van der Waals surface area contributed by atoms with Crippen LogP contribution in [0, 0.1) is 6.92 Å². The summed E-state index contributed by atoms with van der Waals surface area (Å²) in [7, 11) is 0. The first-order valence-corrected chi connectivity index (χ1v) is 5.78. The number of nitrogens with one attached hydrogen (secondary N) is 1. The minimum absolute atomic E-state index is 0.0791. The Balaban J connectivity index is 2.58. The lowest BCUT2D eigenvalue weighted by Crippen LogP contribution is -2.24. The van der Waals surface area contributed by atoms with Gasteiger partial charge in [0.1, 0.15) is 5.75 Å².